The Labute approximate surface area is 192 Å². The smallest absolute Gasteiger partial charge is 0.277 e. The number of ether oxygens (including phenoxy) is 1. The van der Waals surface area contributed by atoms with Crippen molar-refractivity contribution in [3.63, 3.8) is 0 Å². The van der Waals surface area contributed by atoms with Crippen molar-refractivity contribution in [3.05, 3.63) is 82.5 Å². The molecule has 0 aliphatic carbocycles. The first kappa shape index (κ1) is 22.5. The monoisotopic (exact) mass is 444 g/mol. The second-order valence-corrected chi connectivity index (χ2v) is 8.17. The summed E-state index contributed by atoms with van der Waals surface area (Å²) in [6.07, 6.45) is 4.11. The summed E-state index contributed by atoms with van der Waals surface area (Å²) in [7, 11) is 1.63. The number of rotatable bonds is 8. The normalized spacial score (nSPS) is 11.1. The number of fused-ring (bicyclic) bond motifs is 1. The number of benzene rings is 2. The van der Waals surface area contributed by atoms with Gasteiger partial charge >= 0.3 is 0 Å². The van der Waals surface area contributed by atoms with Gasteiger partial charge in [0.25, 0.3) is 5.56 Å². The third kappa shape index (κ3) is 4.88. The summed E-state index contributed by atoms with van der Waals surface area (Å²) in [5, 5.41) is 2.94. The highest BCUT2D eigenvalue weighted by Crippen LogP contribution is 2.27. The van der Waals surface area contributed by atoms with Crippen molar-refractivity contribution in [1.29, 1.82) is 0 Å². The van der Waals surface area contributed by atoms with Crippen LogP contribution in [0.1, 0.15) is 17.5 Å². The molecule has 0 atom stereocenters. The van der Waals surface area contributed by atoms with E-state index in [1.807, 2.05) is 68.6 Å². The fourth-order valence-corrected chi connectivity index (χ4v) is 3.88. The van der Waals surface area contributed by atoms with Crippen molar-refractivity contribution in [2.45, 2.75) is 33.4 Å². The Balaban J connectivity index is 1.72. The molecule has 2 heterocycles. The summed E-state index contributed by atoms with van der Waals surface area (Å²) in [6.45, 7) is 5.10. The van der Waals surface area contributed by atoms with Crippen molar-refractivity contribution < 1.29 is 9.53 Å². The number of hydrogen-bond donors (Lipinski definition) is 1. The van der Waals surface area contributed by atoms with Gasteiger partial charge in [-0.25, -0.2) is 4.98 Å². The van der Waals surface area contributed by atoms with Crippen LogP contribution in [0.15, 0.2) is 65.8 Å². The maximum Gasteiger partial charge on any atom is 0.277 e. The van der Waals surface area contributed by atoms with Gasteiger partial charge in [0.2, 0.25) is 5.91 Å². The molecule has 4 rings (SSSR count). The van der Waals surface area contributed by atoms with Gasteiger partial charge in [-0.15, -0.1) is 0 Å². The Bertz CT molecular complexity index is 1340. The van der Waals surface area contributed by atoms with Crippen LogP contribution in [0.25, 0.3) is 22.2 Å². The van der Waals surface area contributed by atoms with Crippen LogP contribution in [0.3, 0.4) is 0 Å². The number of amides is 1. The third-order valence-electron chi connectivity index (χ3n) is 5.78. The van der Waals surface area contributed by atoms with Gasteiger partial charge < -0.3 is 14.6 Å². The second-order valence-electron chi connectivity index (χ2n) is 8.17. The summed E-state index contributed by atoms with van der Waals surface area (Å²) >= 11 is 0. The fourth-order valence-electron chi connectivity index (χ4n) is 3.88. The molecule has 4 aromatic rings. The Morgan fingerprint density at radius 2 is 1.85 bits per heavy atom. The quantitative estimate of drug-likeness (QED) is 0.414. The zero-order valence-electron chi connectivity index (χ0n) is 19.2. The molecule has 0 saturated heterocycles. The predicted octanol–water partition coefficient (Wildman–Crippen LogP) is 4.16. The molecule has 0 bridgehead atoms. The maximum atomic E-state index is 13.3. The van der Waals surface area contributed by atoms with Gasteiger partial charge in [0.1, 0.15) is 17.6 Å². The molecule has 0 aliphatic heterocycles. The molecule has 1 amide bonds. The Morgan fingerprint density at radius 3 is 2.58 bits per heavy atom. The van der Waals surface area contributed by atoms with Gasteiger partial charge in [-0.05, 0) is 49.1 Å². The van der Waals surface area contributed by atoms with Crippen LogP contribution >= 0.6 is 0 Å². The topological polar surface area (TPSA) is 78.2 Å². The van der Waals surface area contributed by atoms with Crippen LogP contribution in [0.4, 0.5) is 5.69 Å². The van der Waals surface area contributed by atoms with Gasteiger partial charge in [-0.1, -0.05) is 36.4 Å². The lowest BCUT2D eigenvalue weighted by Gasteiger charge is -2.10. The average Bonchev–Trinajstić information content (AvgIpc) is 3.17. The highest BCUT2D eigenvalue weighted by molar-refractivity contribution is 5.95. The van der Waals surface area contributed by atoms with Crippen molar-refractivity contribution in [1.82, 2.24) is 14.1 Å². The van der Waals surface area contributed by atoms with Crippen molar-refractivity contribution in [3.8, 4) is 11.1 Å². The lowest BCUT2D eigenvalue weighted by molar-refractivity contribution is -0.116. The minimum Gasteiger partial charge on any atom is -0.385 e. The second kappa shape index (κ2) is 9.83. The number of carbonyl (C=O) groups is 1. The average molecular weight is 445 g/mol. The van der Waals surface area contributed by atoms with Gasteiger partial charge in [0.15, 0.2) is 0 Å². The molecule has 7 nitrogen and oxygen atoms in total. The Morgan fingerprint density at radius 1 is 1.06 bits per heavy atom. The molecule has 7 heteroatoms. The van der Waals surface area contributed by atoms with Crippen LogP contribution in [0, 0.1) is 13.8 Å². The lowest BCUT2D eigenvalue weighted by Crippen LogP contribution is -2.25. The molecule has 0 radical (unpaired) electrons. The van der Waals surface area contributed by atoms with E-state index in [1.165, 1.54) is 0 Å². The molecule has 0 unspecified atom stereocenters. The zero-order valence-corrected chi connectivity index (χ0v) is 19.2. The summed E-state index contributed by atoms with van der Waals surface area (Å²) in [6, 6.07) is 15.6. The SMILES string of the molecule is COCCCn1cnc2c(-c3ccccc3)cn(CC(=O)Nc3ccc(C)c(C)c3)c2c1=O. The lowest BCUT2D eigenvalue weighted by atomic mass is 10.1. The van der Waals surface area contributed by atoms with E-state index in [2.05, 4.69) is 10.3 Å². The molecule has 1 N–H and O–H groups in total. The highest BCUT2D eigenvalue weighted by atomic mass is 16.5. The van der Waals surface area contributed by atoms with Crippen LogP contribution < -0.4 is 10.9 Å². The van der Waals surface area contributed by atoms with E-state index < -0.39 is 0 Å². The highest BCUT2D eigenvalue weighted by Gasteiger charge is 2.18. The van der Waals surface area contributed by atoms with Gasteiger partial charge in [0, 0.05) is 37.7 Å². The molecule has 33 heavy (non-hydrogen) atoms. The number of anilines is 1. The first-order valence-corrected chi connectivity index (χ1v) is 11.0. The van der Waals surface area contributed by atoms with Crippen LogP contribution in [-0.4, -0.2) is 33.7 Å². The van der Waals surface area contributed by atoms with Crippen LogP contribution in [-0.2, 0) is 22.6 Å². The summed E-state index contributed by atoms with van der Waals surface area (Å²) in [5.74, 6) is -0.205. The van der Waals surface area contributed by atoms with Crippen LogP contribution in [0.5, 0.6) is 0 Å². The molecule has 2 aromatic heterocycles. The van der Waals surface area contributed by atoms with E-state index >= 15 is 0 Å². The largest absolute Gasteiger partial charge is 0.385 e. The zero-order chi connectivity index (χ0) is 23.4. The summed E-state index contributed by atoms with van der Waals surface area (Å²) in [4.78, 5) is 30.8. The van der Waals surface area contributed by atoms with Gasteiger partial charge in [0.05, 0.1) is 6.33 Å². The Kier molecular flexibility index (Phi) is 6.70. The minimum atomic E-state index is -0.205. The number of hydrogen-bond acceptors (Lipinski definition) is 4. The van der Waals surface area contributed by atoms with E-state index in [-0.39, 0.29) is 18.0 Å². The summed E-state index contributed by atoms with van der Waals surface area (Å²) < 4.78 is 8.39. The molecule has 0 spiro atoms. The van der Waals surface area contributed by atoms with E-state index in [0.717, 1.165) is 27.9 Å². The molecule has 0 aliphatic rings. The minimum absolute atomic E-state index is 0.00919. The predicted molar refractivity (Wildman–Crippen MR) is 130 cm³/mol. The molecule has 0 fully saturated rings. The van der Waals surface area contributed by atoms with E-state index in [9.17, 15) is 9.59 Å². The number of methoxy groups -OCH3 is 1. The molecule has 170 valence electrons. The fraction of sp³-hybridized carbons (Fsp3) is 0.269. The molecule has 0 saturated carbocycles. The van der Waals surface area contributed by atoms with E-state index in [4.69, 9.17) is 4.74 Å². The molecular formula is C26H28N4O3. The number of carbonyl (C=O) groups excluding carboxylic acids is 1. The molecule has 2 aromatic carbocycles. The van der Waals surface area contributed by atoms with Gasteiger partial charge in [-0.2, -0.15) is 0 Å². The van der Waals surface area contributed by atoms with E-state index in [0.29, 0.717) is 30.6 Å². The van der Waals surface area contributed by atoms with Crippen molar-refractivity contribution >= 4 is 22.6 Å². The number of aryl methyl sites for hydroxylation is 3. The summed E-state index contributed by atoms with van der Waals surface area (Å²) in [5.41, 5.74) is 5.61. The standard InChI is InChI=1S/C26H28N4O3/c1-18-10-11-21(14-19(18)2)28-23(31)16-30-15-22(20-8-5-4-6-9-20)24-25(30)26(32)29(17-27-24)12-7-13-33-3/h4-6,8-11,14-15,17H,7,12-13,16H2,1-3H3,(H,28,31). The van der Waals surface area contributed by atoms with Crippen LogP contribution in [0.2, 0.25) is 0 Å². The van der Waals surface area contributed by atoms with Crippen molar-refractivity contribution in [2.24, 2.45) is 0 Å². The number of nitrogens with one attached hydrogen (secondary N) is 1. The van der Waals surface area contributed by atoms with Crippen molar-refractivity contribution in [2.75, 3.05) is 19.0 Å². The number of aromatic nitrogens is 3. The first-order chi connectivity index (χ1) is 16.0. The number of nitrogens with zero attached hydrogens (tertiary/aromatic N) is 3. The first-order valence-electron chi connectivity index (χ1n) is 11.0. The van der Waals surface area contributed by atoms with E-state index in [1.54, 1.807) is 22.6 Å². The van der Waals surface area contributed by atoms with Gasteiger partial charge in [-0.3, -0.25) is 14.2 Å². The maximum absolute atomic E-state index is 13.3. The third-order valence-corrected chi connectivity index (χ3v) is 5.78. The molecular weight excluding hydrogens is 416 g/mol. The Hall–Kier alpha value is -3.71.